The molecule has 0 aromatic carbocycles. The first kappa shape index (κ1) is 23.2. The monoisotopic (exact) mass is 477 g/mol. The molecule has 1 atom stereocenters. The SMILES string of the molecule is CCNC(=NCCc1nc(C(C)C)no1)N1CCC(C(CC)CC)C1.I. The van der Waals surface area contributed by atoms with Crippen LogP contribution in [0.2, 0.25) is 0 Å². The number of likely N-dealkylation sites (tertiary alicyclic amines) is 1. The molecule has 0 radical (unpaired) electrons. The Hall–Kier alpha value is -0.860. The van der Waals surface area contributed by atoms with E-state index in [1.807, 2.05) is 0 Å². The molecule has 7 heteroatoms. The summed E-state index contributed by atoms with van der Waals surface area (Å²) in [5, 5.41) is 7.45. The van der Waals surface area contributed by atoms with Crippen molar-refractivity contribution in [2.75, 3.05) is 26.2 Å². The average molecular weight is 477 g/mol. The van der Waals surface area contributed by atoms with E-state index in [1.165, 1.54) is 19.3 Å². The number of aliphatic imine (C=N–C) groups is 1. The van der Waals surface area contributed by atoms with Gasteiger partial charge in [-0.2, -0.15) is 4.98 Å². The van der Waals surface area contributed by atoms with Crippen LogP contribution in [-0.2, 0) is 6.42 Å². The second-order valence-electron chi connectivity index (χ2n) is 7.26. The topological polar surface area (TPSA) is 66.5 Å². The summed E-state index contributed by atoms with van der Waals surface area (Å²) in [6, 6.07) is 0. The lowest BCUT2D eigenvalue weighted by Gasteiger charge is -2.24. The van der Waals surface area contributed by atoms with Gasteiger partial charge in [-0.3, -0.25) is 4.99 Å². The summed E-state index contributed by atoms with van der Waals surface area (Å²) in [6.45, 7) is 14.7. The van der Waals surface area contributed by atoms with Crippen LogP contribution in [0.1, 0.15) is 71.5 Å². The van der Waals surface area contributed by atoms with Crippen molar-refractivity contribution in [2.24, 2.45) is 16.8 Å². The Morgan fingerprint density at radius 2 is 2.04 bits per heavy atom. The first-order valence-corrected chi connectivity index (χ1v) is 9.94. The molecule has 0 amide bonds. The first-order chi connectivity index (χ1) is 12.1. The van der Waals surface area contributed by atoms with Crippen LogP contribution in [-0.4, -0.2) is 47.2 Å². The Labute approximate surface area is 175 Å². The van der Waals surface area contributed by atoms with Crippen molar-refractivity contribution in [1.82, 2.24) is 20.4 Å². The lowest BCUT2D eigenvalue weighted by molar-refractivity contribution is 0.319. The molecule has 0 spiro atoms. The van der Waals surface area contributed by atoms with Crippen LogP contribution in [0.5, 0.6) is 0 Å². The quantitative estimate of drug-likeness (QED) is 0.347. The predicted molar refractivity (Wildman–Crippen MR) is 117 cm³/mol. The van der Waals surface area contributed by atoms with E-state index in [-0.39, 0.29) is 24.0 Å². The Bertz CT molecular complexity index is 542. The highest BCUT2D eigenvalue weighted by molar-refractivity contribution is 14.0. The highest BCUT2D eigenvalue weighted by Crippen LogP contribution is 2.28. The zero-order chi connectivity index (χ0) is 18.2. The molecule has 2 rings (SSSR count). The van der Waals surface area contributed by atoms with Crippen LogP contribution in [0.15, 0.2) is 9.52 Å². The molecular weight excluding hydrogens is 441 g/mol. The zero-order valence-electron chi connectivity index (χ0n) is 17.0. The summed E-state index contributed by atoms with van der Waals surface area (Å²) in [5.74, 6) is 4.41. The van der Waals surface area contributed by atoms with Crippen molar-refractivity contribution in [3.05, 3.63) is 11.7 Å². The van der Waals surface area contributed by atoms with Gasteiger partial charge in [0.15, 0.2) is 11.8 Å². The number of hydrogen-bond acceptors (Lipinski definition) is 4. The fourth-order valence-electron chi connectivity index (χ4n) is 3.61. The molecule has 1 aliphatic rings. The van der Waals surface area contributed by atoms with E-state index in [0.29, 0.717) is 24.8 Å². The van der Waals surface area contributed by atoms with E-state index in [1.54, 1.807) is 0 Å². The molecular formula is C19H36IN5O. The first-order valence-electron chi connectivity index (χ1n) is 9.94. The maximum Gasteiger partial charge on any atom is 0.228 e. The van der Waals surface area contributed by atoms with Gasteiger partial charge < -0.3 is 14.7 Å². The summed E-state index contributed by atoms with van der Waals surface area (Å²) in [5.41, 5.74) is 0. The van der Waals surface area contributed by atoms with Crippen LogP contribution in [0.25, 0.3) is 0 Å². The third-order valence-corrected chi connectivity index (χ3v) is 5.16. The van der Waals surface area contributed by atoms with Gasteiger partial charge >= 0.3 is 0 Å². The smallest absolute Gasteiger partial charge is 0.228 e. The molecule has 0 bridgehead atoms. The van der Waals surface area contributed by atoms with Crippen LogP contribution in [0, 0.1) is 11.8 Å². The maximum atomic E-state index is 5.31. The normalized spacial score (nSPS) is 17.9. The third kappa shape index (κ3) is 6.39. The number of guanidine groups is 1. The van der Waals surface area contributed by atoms with Crippen molar-refractivity contribution in [2.45, 2.75) is 66.2 Å². The Kier molecular flexibility index (Phi) is 10.5. The van der Waals surface area contributed by atoms with Crippen LogP contribution in [0.4, 0.5) is 0 Å². The lowest BCUT2D eigenvalue weighted by Crippen LogP contribution is -2.40. The summed E-state index contributed by atoms with van der Waals surface area (Å²) in [7, 11) is 0. The highest BCUT2D eigenvalue weighted by atomic mass is 127. The van der Waals surface area contributed by atoms with E-state index < -0.39 is 0 Å². The van der Waals surface area contributed by atoms with Crippen molar-refractivity contribution in [1.29, 1.82) is 0 Å². The maximum absolute atomic E-state index is 5.31. The lowest BCUT2D eigenvalue weighted by atomic mass is 9.87. The van der Waals surface area contributed by atoms with Gasteiger partial charge in [0.2, 0.25) is 5.89 Å². The van der Waals surface area contributed by atoms with Crippen LogP contribution < -0.4 is 5.32 Å². The van der Waals surface area contributed by atoms with Crippen LogP contribution >= 0.6 is 24.0 Å². The molecule has 0 aliphatic carbocycles. The van der Waals surface area contributed by atoms with Gasteiger partial charge in [0, 0.05) is 32.0 Å². The van der Waals surface area contributed by atoms with Gasteiger partial charge in [-0.05, 0) is 25.2 Å². The van der Waals surface area contributed by atoms with Crippen molar-refractivity contribution < 1.29 is 4.52 Å². The molecule has 2 heterocycles. The Morgan fingerprint density at radius 3 is 2.62 bits per heavy atom. The fraction of sp³-hybridized carbons (Fsp3) is 0.842. The number of aromatic nitrogens is 2. The second-order valence-corrected chi connectivity index (χ2v) is 7.26. The standard InChI is InChI=1S/C19H35N5O.HI/c1-6-15(7-2)16-10-12-24(13-16)19(20-8-3)21-11-9-17-22-18(14(4)5)23-25-17;/h14-16H,6-13H2,1-5H3,(H,20,21);1H. The minimum Gasteiger partial charge on any atom is -0.357 e. The van der Waals surface area contributed by atoms with E-state index >= 15 is 0 Å². The zero-order valence-corrected chi connectivity index (χ0v) is 19.3. The summed E-state index contributed by atoms with van der Waals surface area (Å²) in [6.07, 6.45) is 4.52. The fourth-order valence-corrected chi connectivity index (χ4v) is 3.61. The molecule has 6 nitrogen and oxygen atoms in total. The number of nitrogens with one attached hydrogen (secondary N) is 1. The molecule has 1 N–H and O–H groups in total. The van der Waals surface area contributed by atoms with Gasteiger partial charge in [0.1, 0.15) is 0 Å². The van der Waals surface area contributed by atoms with Gasteiger partial charge in [-0.15, -0.1) is 24.0 Å². The molecule has 1 aromatic heterocycles. The molecule has 1 unspecified atom stereocenters. The van der Waals surface area contributed by atoms with Crippen molar-refractivity contribution in [3.63, 3.8) is 0 Å². The number of halogens is 1. The number of hydrogen-bond donors (Lipinski definition) is 1. The molecule has 1 aromatic rings. The van der Waals surface area contributed by atoms with E-state index in [2.05, 4.69) is 55.0 Å². The van der Waals surface area contributed by atoms with Crippen molar-refractivity contribution >= 4 is 29.9 Å². The minimum absolute atomic E-state index is 0. The largest absolute Gasteiger partial charge is 0.357 e. The Balaban J connectivity index is 0.00000338. The molecule has 1 aliphatic heterocycles. The Morgan fingerprint density at radius 1 is 1.31 bits per heavy atom. The number of nitrogens with zero attached hydrogens (tertiary/aromatic N) is 4. The van der Waals surface area contributed by atoms with Crippen LogP contribution in [0.3, 0.4) is 0 Å². The summed E-state index contributed by atoms with van der Waals surface area (Å²) >= 11 is 0. The highest BCUT2D eigenvalue weighted by Gasteiger charge is 2.29. The predicted octanol–water partition coefficient (Wildman–Crippen LogP) is 4.08. The molecule has 150 valence electrons. The second kappa shape index (κ2) is 11.8. The van der Waals surface area contributed by atoms with Gasteiger partial charge in [0.25, 0.3) is 0 Å². The molecule has 26 heavy (non-hydrogen) atoms. The molecule has 1 fully saturated rings. The summed E-state index contributed by atoms with van der Waals surface area (Å²) < 4.78 is 5.31. The molecule has 1 saturated heterocycles. The van der Waals surface area contributed by atoms with Gasteiger partial charge in [-0.25, -0.2) is 0 Å². The van der Waals surface area contributed by atoms with E-state index in [4.69, 9.17) is 9.52 Å². The van der Waals surface area contributed by atoms with Gasteiger partial charge in [0.05, 0.1) is 6.54 Å². The summed E-state index contributed by atoms with van der Waals surface area (Å²) in [4.78, 5) is 11.6. The van der Waals surface area contributed by atoms with E-state index in [0.717, 1.165) is 43.3 Å². The van der Waals surface area contributed by atoms with Gasteiger partial charge in [-0.1, -0.05) is 45.7 Å². The minimum atomic E-state index is 0. The average Bonchev–Trinajstić information content (AvgIpc) is 3.25. The third-order valence-electron chi connectivity index (χ3n) is 5.16. The van der Waals surface area contributed by atoms with E-state index in [9.17, 15) is 0 Å². The molecule has 0 saturated carbocycles. The number of rotatable bonds is 8. The van der Waals surface area contributed by atoms with Crippen molar-refractivity contribution in [3.8, 4) is 0 Å².